The molecule has 1 fully saturated rings. The first-order chi connectivity index (χ1) is 9.24. The topological polar surface area (TPSA) is 77.5 Å². The Bertz CT molecular complexity index is 526. The number of sulfone groups is 1. The molecule has 0 aliphatic heterocycles. The molecule has 0 bridgehead atoms. The lowest BCUT2D eigenvalue weighted by atomic mass is 9.98. The predicted octanol–water partition coefficient (Wildman–Crippen LogP) is 1.87. The van der Waals surface area contributed by atoms with Gasteiger partial charge in [-0.25, -0.2) is 8.42 Å². The van der Waals surface area contributed by atoms with Crippen LogP contribution >= 0.6 is 0 Å². The van der Waals surface area contributed by atoms with Crippen molar-refractivity contribution in [3.8, 4) is 0 Å². The quantitative estimate of drug-likeness (QED) is 0.725. The maximum Gasteiger partial charge on any atom is 0.309 e. The van der Waals surface area contributed by atoms with Gasteiger partial charge in [-0.3, -0.25) is 9.59 Å². The van der Waals surface area contributed by atoms with Crippen molar-refractivity contribution < 1.29 is 22.7 Å². The van der Waals surface area contributed by atoms with E-state index in [-0.39, 0.29) is 18.0 Å². The highest BCUT2D eigenvalue weighted by molar-refractivity contribution is 7.95. The molecular weight excluding hydrogens is 280 g/mol. The van der Waals surface area contributed by atoms with Gasteiger partial charge in [-0.05, 0) is 26.7 Å². The van der Waals surface area contributed by atoms with Crippen molar-refractivity contribution in [2.24, 2.45) is 11.8 Å². The van der Waals surface area contributed by atoms with Gasteiger partial charge in [0.05, 0.1) is 18.8 Å². The number of Topliss-reactive ketones (excluding diaryl/α,β-unsaturated/α-hetero) is 1. The summed E-state index contributed by atoms with van der Waals surface area (Å²) in [7, 11) is -2.26. The van der Waals surface area contributed by atoms with Crippen molar-refractivity contribution in [3.05, 3.63) is 10.5 Å². The molecule has 1 aliphatic carbocycles. The highest BCUT2D eigenvalue weighted by Gasteiger charge is 2.42. The van der Waals surface area contributed by atoms with Gasteiger partial charge in [0.15, 0.2) is 9.84 Å². The van der Waals surface area contributed by atoms with Crippen LogP contribution < -0.4 is 0 Å². The fourth-order valence-electron chi connectivity index (χ4n) is 2.77. The zero-order chi connectivity index (χ0) is 15.5. The highest BCUT2D eigenvalue weighted by Crippen LogP contribution is 2.33. The van der Waals surface area contributed by atoms with Crippen molar-refractivity contribution in [1.82, 2.24) is 0 Å². The molecule has 1 aliphatic rings. The molecule has 0 radical (unpaired) electrons. The van der Waals surface area contributed by atoms with Crippen molar-refractivity contribution >= 4 is 21.6 Å². The fraction of sp³-hybridized carbons (Fsp3) is 0.714. The number of esters is 1. The van der Waals surface area contributed by atoms with Crippen LogP contribution in [-0.2, 0) is 24.2 Å². The SMILES string of the molecule is CCC(=C(C)C)S(=O)(=O)CC1C(=O)CCC1C(=O)OC. The molecule has 0 saturated heterocycles. The average Bonchev–Trinajstić information content (AvgIpc) is 2.69. The van der Waals surface area contributed by atoms with Crippen LogP contribution in [0.5, 0.6) is 0 Å². The summed E-state index contributed by atoms with van der Waals surface area (Å²) in [6.45, 7) is 5.25. The number of allylic oxidation sites excluding steroid dienone is 2. The monoisotopic (exact) mass is 302 g/mol. The van der Waals surface area contributed by atoms with E-state index in [9.17, 15) is 18.0 Å². The lowest BCUT2D eigenvalue weighted by Gasteiger charge is -2.17. The summed E-state index contributed by atoms with van der Waals surface area (Å²) in [5.74, 6) is -2.34. The highest BCUT2D eigenvalue weighted by atomic mass is 32.2. The molecule has 0 aromatic rings. The molecule has 0 N–H and O–H groups in total. The molecule has 0 aromatic carbocycles. The summed E-state index contributed by atoms with van der Waals surface area (Å²) in [4.78, 5) is 23.9. The largest absolute Gasteiger partial charge is 0.469 e. The molecule has 1 saturated carbocycles. The minimum absolute atomic E-state index is 0.159. The van der Waals surface area contributed by atoms with Crippen LogP contribution in [0.4, 0.5) is 0 Å². The summed E-state index contributed by atoms with van der Waals surface area (Å²) < 4.78 is 29.5. The predicted molar refractivity (Wildman–Crippen MR) is 75.7 cm³/mol. The first-order valence-corrected chi connectivity index (χ1v) is 8.39. The molecule has 6 heteroatoms. The number of carbonyl (C=O) groups excluding carboxylic acids is 2. The van der Waals surface area contributed by atoms with E-state index in [0.717, 1.165) is 5.57 Å². The first kappa shape index (κ1) is 16.9. The zero-order valence-electron chi connectivity index (χ0n) is 12.4. The Hall–Kier alpha value is -1.17. The number of rotatable bonds is 5. The molecule has 0 amide bonds. The van der Waals surface area contributed by atoms with Gasteiger partial charge in [0, 0.05) is 17.2 Å². The van der Waals surface area contributed by atoms with E-state index < -0.39 is 27.6 Å². The normalized spacial score (nSPS) is 22.7. The Kier molecular flexibility index (Phi) is 5.50. The number of hydrogen-bond acceptors (Lipinski definition) is 5. The molecule has 2 unspecified atom stereocenters. The van der Waals surface area contributed by atoms with Gasteiger partial charge in [0.2, 0.25) is 0 Å². The second-order valence-corrected chi connectivity index (χ2v) is 7.35. The molecule has 1 rings (SSSR count). The van der Waals surface area contributed by atoms with E-state index in [1.165, 1.54) is 7.11 Å². The van der Waals surface area contributed by atoms with Crippen LogP contribution in [0.1, 0.15) is 40.0 Å². The number of hydrogen-bond donors (Lipinski definition) is 0. The van der Waals surface area contributed by atoms with Gasteiger partial charge in [0.25, 0.3) is 0 Å². The van der Waals surface area contributed by atoms with E-state index in [1.807, 2.05) is 0 Å². The number of carbonyl (C=O) groups is 2. The summed E-state index contributed by atoms with van der Waals surface area (Å²) in [5.41, 5.74) is 0.729. The van der Waals surface area contributed by atoms with Crippen LogP contribution in [-0.4, -0.2) is 33.0 Å². The van der Waals surface area contributed by atoms with Crippen LogP contribution in [0.2, 0.25) is 0 Å². The Balaban J connectivity index is 3.04. The van der Waals surface area contributed by atoms with Crippen LogP contribution in [0.3, 0.4) is 0 Å². The van der Waals surface area contributed by atoms with Gasteiger partial charge in [-0.1, -0.05) is 12.5 Å². The minimum Gasteiger partial charge on any atom is -0.469 e. The van der Waals surface area contributed by atoms with E-state index >= 15 is 0 Å². The molecule has 2 atom stereocenters. The third-order valence-electron chi connectivity index (χ3n) is 3.76. The lowest BCUT2D eigenvalue weighted by molar-refractivity contribution is -0.147. The van der Waals surface area contributed by atoms with Gasteiger partial charge in [-0.15, -0.1) is 0 Å². The third-order valence-corrected chi connectivity index (χ3v) is 6.00. The average molecular weight is 302 g/mol. The van der Waals surface area contributed by atoms with E-state index in [4.69, 9.17) is 0 Å². The Morgan fingerprint density at radius 1 is 1.35 bits per heavy atom. The van der Waals surface area contributed by atoms with E-state index in [1.54, 1.807) is 20.8 Å². The molecule has 0 heterocycles. The Morgan fingerprint density at radius 3 is 2.40 bits per heavy atom. The summed E-state index contributed by atoms with van der Waals surface area (Å²) in [5, 5.41) is 0. The summed E-state index contributed by atoms with van der Waals surface area (Å²) >= 11 is 0. The Labute approximate surface area is 120 Å². The molecule has 5 nitrogen and oxygen atoms in total. The van der Waals surface area contributed by atoms with Gasteiger partial charge >= 0.3 is 5.97 Å². The second kappa shape index (κ2) is 6.52. The number of methoxy groups -OCH3 is 1. The molecule has 0 aromatic heterocycles. The molecule has 20 heavy (non-hydrogen) atoms. The number of ketones is 1. The van der Waals surface area contributed by atoms with Gasteiger partial charge in [0.1, 0.15) is 5.78 Å². The number of ether oxygens (including phenoxy) is 1. The van der Waals surface area contributed by atoms with Crippen LogP contribution in [0, 0.1) is 11.8 Å². The van der Waals surface area contributed by atoms with E-state index in [0.29, 0.717) is 17.7 Å². The Morgan fingerprint density at radius 2 is 1.95 bits per heavy atom. The third kappa shape index (κ3) is 3.48. The van der Waals surface area contributed by atoms with Crippen LogP contribution in [0.25, 0.3) is 0 Å². The summed E-state index contributed by atoms with van der Waals surface area (Å²) in [6.07, 6.45) is 1.02. The molecule has 114 valence electrons. The van der Waals surface area contributed by atoms with Crippen molar-refractivity contribution in [2.75, 3.05) is 12.9 Å². The lowest BCUT2D eigenvalue weighted by Crippen LogP contribution is -2.30. The fourth-order valence-corrected chi connectivity index (χ4v) is 4.93. The van der Waals surface area contributed by atoms with Crippen molar-refractivity contribution in [1.29, 1.82) is 0 Å². The van der Waals surface area contributed by atoms with Crippen LogP contribution in [0.15, 0.2) is 10.5 Å². The maximum absolute atomic E-state index is 12.4. The second-order valence-electron chi connectivity index (χ2n) is 5.30. The molecule has 0 spiro atoms. The van der Waals surface area contributed by atoms with E-state index in [2.05, 4.69) is 4.74 Å². The molecular formula is C14H22O5S. The van der Waals surface area contributed by atoms with Gasteiger partial charge < -0.3 is 4.74 Å². The van der Waals surface area contributed by atoms with Gasteiger partial charge in [-0.2, -0.15) is 0 Å². The standard InChI is InChI=1S/C14H22O5S/c1-5-13(9(2)3)20(17,18)8-11-10(14(16)19-4)6-7-12(11)15/h10-11H,5-8H2,1-4H3. The van der Waals surface area contributed by atoms with Crippen molar-refractivity contribution in [3.63, 3.8) is 0 Å². The maximum atomic E-state index is 12.4. The summed E-state index contributed by atoms with van der Waals surface area (Å²) in [6, 6.07) is 0. The van der Waals surface area contributed by atoms with Crippen molar-refractivity contribution in [2.45, 2.75) is 40.0 Å². The first-order valence-electron chi connectivity index (χ1n) is 6.74. The zero-order valence-corrected chi connectivity index (χ0v) is 13.2. The minimum atomic E-state index is -3.51. The smallest absolute Gasteiger partial charge is 0.309 e.